The minimum atomic E-state index is -4.16. The summed E-state index contributed by atoms with van der Waals surface area (Å²) < 4.78 is 72.3. The number of carbonyl (C=O) groups is 1. The van der Waals surface area contributed by atoms with Crippen LogP contribution in [0.2, 0.25) is 0 Å². The number of fused-ring (bicyclic) bond motifs is 1. The lowest BCUT2D eigenvalue weighted by molar-refractivity contribution is 0.102. The van der Waals surface area contributed by atoms with E-state index in [-0.39, 0.29) is 59.5 Å². The molecular weight excluding hydrogens is 613 g/mol. The highest BCUT2D eigenvalue weighted by atomic mass is 32.2. The Hall–Kier alpha value is -4.66. The first-order valence-electron chi connectivity index (χ1n) is 14.2. The summed E-state index contributed by atoms with van der Waals surface area (Å²) in [7, 11) is -4.16. The van der Waals surface area contributed by atoms with Crippen molar-refractivity contribution in [2.24, 2.45) is 0 Å². The van der Waals surface area contributed by atoms with Gasteiger partial charge in [0.05, 0.1) is 18.0 Å². The van der Waals surface area contributed by atoms with Gasteiger partial charge in [-0.25, -0.2) is 31.4 Å². The molecule has 1 aliphatic rings. The molecule has 1 amide bonds. The number of sulfonamides is 1. The van der Waals surface area contributed by atoms with Gasteiger partial charge < -0.3 is 15.3 Å². The fourth-order valence-electron chi connectivity index (χ4n) is 5.26. The Morgan fingerprint density at radius 2 is 1.89 bits per heavy atom. The van der Waals surface area contributed by atoms with Crippen molar-refractivity contribution in [3.05, 3.63) is 82.3 Å². The van der Waals surface area contributed by atoms with Crippen molar-refractivity contribution in [1.29, 1.82) is 0 Å². The number of hydrogen-bond donors (Lipinski definition) is 3. The van der Waals surface area contributed by atoms with Gasteiger partial charge in [-0.2, -0.15) is 4.98 Å². The summed E-state index contributed by atoms with van der Waals surface area (Å²) in [5, 5.41) is 12.7. The molecule has 2 aromatic heterocycles. The van der Waals surface area contributed by atoms with Crippen LogP contribution in [-0.4, -0.2) is 64.4 Å². The molecule has 0 spiro atoms. The molecule has 15 heteroatoms. The van der Waals surface area contributed by atoms with E-state index in [4.69, 9.17) is 0 Å². The predicted octanol–water partition coefficient (Wildman–Crippen LogP) is 5.15. The second-order valence-corrected chi connectivity index (χ2v) is 12.7. The maximum atomic E-state index is 15.2. The van der Waals surface area contributed by atoms with E-state index in [9.17, 15) is 31.9 Å². The number of benzene rings is 2. The van der Waals surface area contributed by atoms with Gasteiger partial charge in [0.25, 0.3) is 5.56 Å². The molecule has 0 aliphatic carbocycles. The zero-order chi connectivity index (χ0) is 32.5. The lowest BCUT2D eigenvalue weighted by atomic mass is 10.0. The average Bonchev–Trinajstić information content (AvgIpc) is 2.98. The number of pyridine rings is 1. The van der Waals surface area contributed by atoms with Gasteiger partial charge in [0.15, 0.2) is 0 Å². The summed E-state index contributed by atoms with van der Waals surface area (Å²) in [5.41, 5.74) is -0.338. The maximum Gasteiger partial charge on any atom is 0.407 e. The largest absolute Gasteiger partial charge is 0.465 e. The van der Waals surface area contributed by atoms with E-state index in [0.717, 1.165) is 17.0 Å². The van der Waals surface area contributed by atoms with Crippen LogP contribution in [0.3, 0.4) is 0 Å². The van der Waals surface area contributed by atoms with Crippen LogP contribution in [-0.2, 0) is 15.8 Å². The molecule has 238 valence electrons. The van der Waals surface area contributed by atoms with Crippen LogP contribution in [0, 0.1) is 11.6 Å². The lowest BCUT2D eigenvalue weighted by Gasteiger charge is -2.33. The molecule has 5 rings (SSSR count). The smallest absolute Gasteiger partial charge is 0.407 e. The topological polar surface area (TPSA) is 147 Å². The maximum absolute atomic E-state index is 15.2. The molecule has 4 aromatic rings. The summed E-state index contributed by atoms with van der Waals surface area (Å²) in [4.78, 5) is 35.0. The zero-order valence-corrected chi connectivity index (χ0v) is 25.2. The Bertz CT molecular complexity index is 1920. The van der Waals surface area contributed by atoms with Crippen LogP contribution in [0.25, 0.3) is 22.2 Å². The minimum absolute atomic E-state index is 0.0368. The van der Waals surface area contributed by atoms with Crippen molar-refractivity contribution in [1.82, 2.24) is 19.4 Å². The number of likely N-dealkylation sites (tertiary alicyclic amines) is 1. The highest BCUT2D eigenvalue weighted by Crippen LogP contribution is 2.28. The van der Waals surface area contributed by atoms with Gasteiger partial charge in [-0.15, -0.1) is 0 Å². The monoisotopic (exact) mass is 644 g/mol. The summed E-state index contributed by atoms with van der Waals surface area (Å²) in [6, 6.07) is 9.56. The Kier molecular flexibility index (Phi) is 9.00. The van der Waals surface area contributed by atoms with Crippen molar-refractivity contribution in [2.45, 2.75) is 50.7 Å². The number of piperidine rings is 1. The summed E-state index contributed by atoms with van der Waals surface area (Å²) in [6.07, 6.45) is -0.530. The Balaban J connectivity index is 1.46. The predicted molar refractivity (Wildman–Crippen MR) is 163 cm³/mol. The number of halogens is 3. The average molecular weight is 645 g/mol. The van der Waals surface area contributed by atoms with Gasteiger partial charge in [-0.3, -0.25) is 14.1 Å². The molecular formula is C30H31F3N6O5S. The number of carboxylic acid groups (broad SMARTS) is 1. The third-order valence-electron chi connectivity index (χ3n) is 7.66. The van der Waals surface area contributed by atoms with Gasteiger partial charge in [-0.1, -0.05) is 31.2 Å². The number of nitrogens with zero attached hydrogens (tertiary/aromatic N) is 4. The molecule has 45 heavy (non-hydrogen) atoms. The zero-order valence-electron chi connectivity index (χ0n) is 24.4. The third kappa shape index (κ3) is 7.03. The number of alkyl halides is 1. The first kappa shape index (κ1) is 31.8. The molecule has 1 fully saturated rings. The van der Waals surface area contributed by atoms with Gasteiger partial charge in [-0.05, 0) is 43.2 Å². The third-order valence-corrected chi connectivity index (χ3v) is 8.88. The molecule has 3 heterocycles. The number of anilines is 2. The van der Waals surface area contributed by atoms with Crippen molar-refractivity contribution < 1.29 is 31.5 Å². The summed E-state index contributed by atoms with van der Waals surface area (Å²) in [5.74, 6) is -2.25. The summed E-state index contributed by atoms with van der Waals surface area (Å²) >= 11 is 0. The molecule has 3 atom stereocenters. The van der Waals surface area contributed by atoms with E-state index >= 15 is 4.39 Å². The highest BCUT2D eigenvalue weighted by Gasteiger charge is 2.30. The summed E-state index contributed by atoms with van der Waals surface area (Å²) in [6.45, 7) is 3.51. The molecule has 2 aromatic carbocycles. The second-order valence-electron chi connectivity index (χ2n) is 11.0. The van der Waals surface area contributed by atoms with Gasteiger partial charge in [0.1, 0.15) is 23.5 Å². The van der Waals surface area contributed by atoms with Crippen molar-refractivity contribution >= 4 is 38.8 Å². The van der Waals surface area contributed by atoms with Crippen LogP contribution < -0.4 is 15.6 Å². The normalized spacial score (nSPS) is 17.7. The van der Waals surface area contributed by atoms with Crippen LogP contribution in [0.15, 0.2) is 59.5 Å². The molecule has 11 nitrogen and oxygen atoms in total. The fraction of sp³-hybridized carbons (Fsp3) is 0.333. The number of rotatable bonds is 9. The lowest BCUT2D eigenvalue weighted by Crippen LogP contribution is -2.49. The second kappa shape index (κ2) is 12.8. The Labute approximate surface area is 256 Å². The highest BCUT2D eigenvalue weighted by molar-refractivity contribution is 7.91. The van der Waals surface area contributed by atoms with E-state index in [1.807, 2.05) is 13.8 Å². The number of hydrogen-bond acceptors (Lipinski definition) is 7. The van der Waals surface area contributed by atoms with Crippen molar-refractivity contribution in [3.63, 3.8) is 0 Å². The first-order chi connectivity index (χ1) is 21.3. The minimum Gasteiger partial charge on any atom is -0.465 e. The van der Waals surface area contributed by atoms with Gasteiger partial charge >= 0.3 is 6.09 Å². The number of amides is 1. The molecule has 0 saturated carbocycles. The molecule has 0 bridgehead atoms. The van der Waals surface area contributed by atoms with Crippen LogP contribution >= 0.6 is 0 Å². The molecule has 3 unspecified atom stereocenters. The van der Waals surface area contributed by atoms with E-state index < -0.39 is 51.3 Å². The van der Waals surface area contributed by atoms with E-state index in [2.05, 4.69) is 20.0 Å². The fourth-order valence-corrected chi connectivity index (χ4v) is 6.47. The molecule has 0 radical (unpaired) electrons. The molecule has 1 saturated heterocycles. The van der Waals surface area contributed by atoms with Gasteiger partial charge in [0.2, 0.25) is 16.0 Å². The van der Waals surface area contributed by atoms with E-state index in [1.54, 1.807) is 0 Å². The van der Waals surface area contributed by atoms with Crippen molar-refractivity contribution in [2.75, 3.05) is 23.1 Å². The standard InChI is InChI=1S/C30H31F3N6O5S/c1-3-17(2)39-27-20(13-34-29(36-27)35-22-12-21(31)14-38(15-22)30(41)42)10-23(28(39)40)18-8-9-26(25(33)11-18)37-45(43,44)16-19-6-4-5-7-24(19)32/h4-11,13,17,21-22,37H,3,12,14-16H2,1-2H3,(H,41,42)(H,34,35,36). The number of aromatic nitrogens is 3. The Morgan fingerprint density at radius 1 is 1.13 bits per heavy atom. The van der Waals surface area contributed by atoms with E-state index in [0.29, 0.717) is 11.8 Å². The first-order valence-corrected chi connectivity index (χ1v) is 15.8. The SMILES string of the molecule is CCC(C)n1c(=O)c(-c2ccc(NS(=O)(=O)Cc3ccccc3F)c(F)c2)cc2cnc(NC3CC(F)CN(C(=O)O)C3)nc21. The quantitative estimate of drug-likeness (QED) is 0.227. The Morgan fingerprint density at radius 3 is 2.58 bits per heavy atom. The van der Waals surface area contributed by atoms with Crippen LogP contribution in [0.5, 0.6) is 0 Å². The number of nitrogens with one attached hydrogen (secondary N) is 2. The van der Waals surface area contributed by atoms with Gasteiger partial charge in [0, 0.05) is 47.8 Å². The van der Waals surface area contributed by atoms with Crippen LogP contribution in [0.1, 0.15) is 38.3 Å². The van der Waals surface area contributed by atoms with Crippen molar-refractivity contribution in [3.8, 4) is 11.1 Å². The van der Waals surface area contributed by atoms with E-state index in [1.165, 1.54) is 47.2 Å². The van der Waals surface area contributed by atoms with Crippen LogP contribution in [0.4, 0.5) is 29.6 Å². The molecule has 3 N–H and O–H groups in total. The molecule has 1 aliphatic heterocycles.